The van der Waals surface area contributed by atoms with Gasteiger partial charge in [0, 0.05) is 25.7 Å². The Morgan fingerprint density at radius 3 is 2.57 bits per heavy atom. The molecule has 3 heterocycles. The molecule has 0 radical (unpaired) electrons. The molecule has 2 atom stereocenters. The Morgan fingerprint density at radius 1 is 1.07 bits per heavy atom. The molecule has 160 valence electrons. The van der Waals surface area contributed by atoms with E-state index in [1.807, 2.05) is 41.0 Å². The number of H-pyrrole nitrogens is 1. The van der Waals surface area contributed by atoms with Crippen molar-refractivity contribution in [2.75, 3.05) is 26.2 Å². The highest BCUT2D eigenvalue weighted by molar-refractivity contribution is 5.85. The van der Waals surface area contributed by atoms with Crippen molar-refractivity contribution < 1.29 is 9.13 Å². The summed E-state index contributed by atoms with van der Waals surface area (Å²) in [5.74, 6) is 0.290. The van der Waals surface area contributed by atoms with Gasteiger partial charge in [0.1, 0.15) is 5.82 Å². The monoisotopic (exact) mass is 431 g/mol. The van der Waals surface area contributed by atoms with Gasteiger partial charge in [-0.3, -0.25) is 4.57 Å². The summed E-state index contributed by atoms with van der Waals surface area (Å²) in [4.78, 5) is 17.9. The highest BCUT2D eigenvalue weighted by Gasteiger charge is 2.30. The van der Waals surface area contributed by atoms with Crippen LogP contribution in [0.5, 0.6) is 0 Å². The number of likely N-dealkylation sites (tertiary alicyclic amines) is 1. The van der Waals surface area contributed by atoms with E-state index < -0.39 is 0 Å². The average Bonchev–Trinajstić information content (AvgIpc) is 3.33. The van der Waals surface area contributed by atoms with Crippen molar-refractivity contribution >= 4 is 23.4 Å². The second-order valence-corrected chi connectivity index (χ2v) is 8.32. The summed E-state index contributed by atoms with van der Waals surface area (Å²) >= 11 is 0. The molecule has 2 aliphatic heterocycles. The standard InChI is InChI=1S/C23H26FN3O2.ClH/c24-18-7-5-17(6-8-18)22-13-16(15-29-22)14-26-11-9-19(10-12-26)27-21-4-2-1-3-20(21)25-23(27)28;/h1-8,16,19,22H,9-15H2,(H,25,28);1H/t16-,22+;/m0./s1. The van der Waals surface area contributed by atoms with E-state index in [1.54, 1.807) is 0 Å². The van der Waals surface area contributed by atoms with E-state index in [0.29, 0.717) is 5.92 Å². The number of benzene rings is 2. The highest BCUT2D eigenvalue weighted by Crippen LogP contribution is 2.34. The Kier molecular flexibility index (Phi) is 6.27. The Hall–Kier alpha value is -2.15. The van der Waals surface area contributed by atoms with Gasteiger partial charge in [0.05, 0.1) is 23.7 Å². The highest BCUT2D eigenvalue weighted by atomic mass is 35.5. The lowest BCUT2D eigenvalue weighted by molar-refractivity contribution is 0.100. The predicted molar refractivity (Wildman–Crippen MR) is 118 cm³/mol. The lowest BCUT2D eigenvalue weighted by Crippen LogP contribution is -2.39. The molecule has 0 aliphatic carbocycles. The van der Waals surface area contributed by atoms with Crippen LogP contribution in [0, 0.1) is 11.7 Å². The van der Waals surface area contributed by atoms with Crippen molar-refractivity contribution in [2.45, 2.75) is 31.4 Å². The molecule has 2 aliphatic rings. The maximum atomic E-state index is 13.1. The van der Waals surface area contributed by atoms with E-state index in [9.17, 15) is 9.18 Å². The van der Waals surface area contributed by atoms with Crippen LogP contribution < -0.4 is 5.69 Å². The minimum Gasteiger partial charge on any atom is -0.373 e. The zero-order chi connectivity index (χ0) is 19.8. The average molecular weight is 432 g/mol. The van der Waals surface area contributed by atoms with E-state index in [2.05, 4.69) is 9.88 Å². The summed E-state index contributed by atoms with van der Waals surface area (Å²) in [6.07, 6.45) is 3.02. The molecule has 2 fully saturated rings. The summed E-state index contributed by atoms with van der Waals surface area (Å²) in [6.45, 7) is 3.76. The van der Waals surface area contributed by atoms with Crippen LogP contribution in [-0.4, -0.2) is 40.7 Å². The van der Waals surface area contributed by atoms with Crippen molar-refractivity contribution in [3.8, 4) is 0 Å². The Balaban J connectivity index is 0.00000218. The van der Waals surface area contributed by atoms with Crippen LogP contribution in [0.25, 0.3) is 11.0 Å². The molecular formula is C23H27ClFN3O2. The largest absolute Gasteiger partial charge is 0.373 e. The molecular weight excluding hydrogens is 405 g/mol. The SMILES string of the molecule is Cl.O=c1[nH]c2ccccc2n1C1CCN(C[C@H]2CO[C@@H](c3ccc(F)cc3)C2)CC1. The second kappa shape index (κ2) is 8.92. The van der Waals surface area contributed by atoms with Crippen molar-refractivity contribution in [3.05, 3.63) is 70.4 Å². The van der Waals surface area contributed by atoms with Gasteiger partial charge in [-0.1, -0.05) is 24.3 Å². The van der Waals surface area contributed by atoms with Crippen LogP contribution in [0.2, 0.25) is 0 Å². The first-order chi connectivity index (χ1) is 14.2. The van der Waals surface area contributed by atoms with Crippen LogP contribution in [0.1, 0.15) is 37.0 Å². The summed E-state index contributed by atoms with van der Waals surface area (Å²) in [5, 5.41) is 0. The molecule has 0 spiro atoms. The van der Waals surface area contributed by atoms with Gasteiger partial charge in [-0.05, 0) is 55.0 Å². The van der Waals surface area contributed by atoms with E-state index in [1.165, 1.54) is 12.1 Å². The molecule has 1 N–H and O–H groups in total. The zero-order valence-electron chi connectivity index (χ0n) is 16.8. The lowest BCUT2D eigenvalue weighted by Gasteiger charge is -2.33. The molecule has 0 amide bonds. The Labute approximate surface area is 181 Å². The van der Waals surface area contributed by atoms with E-state index in [-0.39, 0.29) is 36.1 Å². The van der Waals surface area contributed by atoms with Crippen molar-refractivity contribution in [1.29, 1.82) is 0 Å². The lowest BCUT2D eigenvalue weighted by atomic mass is 9.98. The summed E-state index contributed by atoms with van der Waals surface area (Å²) < 4.78 is 21.1. The van der Waals surface area contributed by atoms with Gasteiger partial charge >= 0.3 is 5.69 Å². The van der Waals surface area contributed by atoms with Gasteiger partial charge < -0.3 is 14.6 Å². The zero-order valence-corrected chi connectivity index (χ0v) is 17.6. The van der Waals surface area contributed by atoms with Gasteiger partial charge in [-0.15, -0.1) is 12.4 Å². The van der Waals surface area contributed by atoms with Crippen LogP contribution in [0.4, 0.5) is 4.39 Å². The molecule has 7 heteroatoms. The van der Waals surface area contributed by atoms with Crippen molar-refractivity contribution in [3.63, 3.8) is 0 Å². The van der Waals surface area contributed by atoms with Gasteiger partial charge in [0.25, 0.3) is 0 Å². The number of fused-ring (bicyclic) bond motifs is 1. The number of aromatic amines is 1. The van der Waals surface area contributed by atoms with Crippen LogP contribution in [0.3, 0.4) is 0 Å². The molecule has 3 aromatic rings. The summed E-state index contributed by atoms with van der Waals surface area (Å²) in [6, 6.07) is 14.8. The first-order valence-corrected chi connectivity index (χ1v) is 10.5. The normalized spacial score (nSPS) is 23.0. The van der Waals surface area contributed by atoms with Crippen LogP contribution in [-0.2, 0) is 4.74 Å². The Bertz CT molecular complexity index is 1040. The molecule has 5 nitrogen and oxygen atoms in total. The molecule has 2 aromatic carbocycles. The van der Waals surface area contributed by atoms with E-state index in [4.69, 9.17) is 4.74 Å². The number of piperidine rings is 1. The minimum atomic E-state index is -0.208. The topological polar surface area (TPSA) is 50.3 Å². The number of nitrogens with zero attached hydrogens (tertiary/aromatic N) is 2. The number of hydrogen-bond donors (Lipinski definition) is 1. The number of ether oxygens (including phenoxy) is 1. The third-order valence-corrected chi connectivity index (χ3v) is 6.38. The second-order valence-electron chi connectivity index (χ2n) is 8.32. The Morgan fingerprint density at radius 2 is 1.80 bits per heavy atom. The molecule has 1 aromatic heterocycles. The van der Waals surface area contributed by atoms with E-state index >= 15 is 0 Å². The number of nitrogens with one attached hydrogen (secondary N) is 1. The molecule has 0 bridgehead atoms. The number of imidazole rings is 1. The fraction of sp³-hybridized carbons (Fsp3) is 0.435. The van der Waals surface area contributed by atoms with Gasteiger partial charge in [0.2, 0.25) is 0 Å². The number of para-hydroxylation sites is 2. The van der Waals surface area contributed by atoms with Crippen LogP contribution in [0.15, 0.2) is 53.3 Å². The smallest absolute Gasteiger partial charge is 0.326 e. The predicted octanol–water partition coefficient (Wildman–Crippen LogP) is 4.31. The van der Waals surface area contributed by atoms with Crippen molar-refractivity contribution in [2.24, 2.45) is 5.92 Å². The fourth-order valence-electron chi connectivity index (χ4n) is 4.89. The van der Waals surface area contributed by atoms with E-state index in [0.717, 1.165) is 62.1 Å². The third kappa shape index (κ3) is 4.17. The van der Waals surface area contributed by atoms with Gasteiger partial charge in [0.15, 0.2) is 0 Å². The maximum Gasteiger partial charge on any atom is 0.326 e. The quantitative estimate of drug-likeness (QED) is 0.669. The minimum absolute atomic E-state index is 0. The summed E-state index contributed by atoms with van der Waals surface area (Å²) in [7, 11) is 0. The fourth-order valence-corrected chi connectivity index (χ4v) is 4.89. The maximum absolute atomic E-state index is 13.1. The number of aromatic nitrogens is 2. The number of hydrogen-bond acceptors (Lipinski definition) is 3. The van der Waals surface area contributed by atoms with Crippen molar-refractivity contribution in [1.82, 2.24) is 14.5 Å². The number of rotatable bonds is 4. The van der Waals surface area contributed by atoms with Crippen LogP contribution >= 0.6 is 12.4 Å². The summed E-state index contributed by atoms with van der Waals surface area (Å²) in [5.41, 5.74) is 2.97. The molecule has 2 saturated heterocycles. The molecule has 30 heavy (non-hydrogen) atoms. The first-order valence-electron chi connectivity index (χ1n) is 10.5. The first kappa shape index (κ1) is 21.1. The van der Waals surface area contributed by atoms with Gasteiger partial charge in [-0.2, -0.15) is 0 Å². The third-order valence-electron chi connectivity index (χ3n) is 6.38. The molecule has 0 saturated carbocycles. The number of halogens is 2. The van der Waals surface area contributed by atoms with Gasteiger partial charge in [-0.25, -0.2) is 9.18 Å². The molecule has 5 rings (SSSR count). The molecule has 0 unspecified atom stereocenters.